The topological polar surface area (TPSA) is 87.7 Å². The molecule has 27 heavy (non-hydrogen) atoms. The van der Waals surface area contributed by atoms with Gasteiger partial charge < -0.3 is 15.4 Å². The largest absolute Gasteiger partial charge is 0.380 e. The Labute approximate surface area is 161 Å². The van der Waals surface area contributed by atoms with Crippen molar-refractivity contribution < 1.29 is 17.9 Å². The lowest BCUT2D eigenvalue weighted by atomic mass is 9.58. The van der Waals surface area contributed by atoms with Gasteiger partial charge in [-0.05, 0) is 24.3 Å². The molecule has 2 N–H and O–H groups in total. The normalized spacial score (nSPS) is 24.1. The molecular formula is C19H29N3O4S. The molecule has 1 aliphatic carbocycles. The van der Waals surface area contributed by atoms with E-state index < -0.39 is 10.0 Å². The number of likely N-dealkylation sites (N-methyl/N-ethyl adjacent to an activating group) is 1. The zero-order valence-corrected chi connectivity index (χ0v) is 17.3. The summed E-state index contributed by atoms with van der Waals surface area (Å²) in [6.07, 6.45) is 1.62. The third-order valence-corrected chi connectivity index (χ3v) is 7.12. The number of amides is 2. The third-order valence-electron chi connectivity index (χ3n) is 5.29. The van der Waals surface area contributed by atoms with Crippen LogP contribution in [0.3, 0.4) is 0 Å². The first-order chi connectivity index (χ1) is 12.6. The molecule has 0 bridgehead atoms. The number of hydrogen-bond acceptors (Lipinski definition) is 4. The molecule has 1 aliphatic rings. The van der Waals surface area contributed by atoms with E-state index in [0.717, 1.165) is 0 Å². The highest BCUT2D eigenvalue weighted by Crippen LogP contribution is 2.46. The first-order valence-corrected chi connectivity index (χ1v) is 10.3. The number of hydrogen-bond donors (Lipinski definition) is 2. The first-order valence-electron chi connectivity index (χ1n) is 8.83. The number of urea groups is 1. The molecular weight excluding hydrogens is 366 g/mol. The summed E-state index contributed by atoms with van der Waals surface area (Å²) in [6.45, 7) is 9.94. The van der Waals surface area contributed by atoms with Gasteiger partial charge in [-0.25, -0.2) is 13.2 Å². The maximum atomic E-state index is 12.4. The molecule has 0 aliphatic heterocycles. The van der Waals surface area contributed by atoms with Crippen LogP contribution in [-0.2, 0) is 14.8 Å². The third kappa shape index (κ3) is 4.17. The van der Waals surface area contributed by atoms with Crippen molar-refractivity contribution in [2.45, 2.75) is 37.8 Å². The Morgan fingerprint density at radius 3 is 2.41 bits per heavy atom. The predicted octanol–water partition coefficient (Wildman–Crippen LogP) is 2.67. The summed E-state index contributed by atoms with van der Waals surface area (Å²) in [5.74, 6) is 0.212. The Morgan fingerprint density at radius 1 is 1.33 bits per heavy atom. The van der Waals surface area contributed by atoms with Gasteiger partial charge in [-0.15, -0.1) is 6.58 Å². The Balaban J connectivity index is 2.01. The zero-order valence-electron chi connectivity index (χ0n) is 16.5. The van der Waals surface area contributed by atoms with Crippen LogP contribution in [0.1, 0.15) is 20.8 Å². The molecule has 7 nitrogen and oxygen atoms in total. The van der Waals surface area contributed by atoms with E-state index in [-0.39, 0.29) is 41.0 Å². The second-order valence-electron chi connectivity index (χ2n) is 7.51. The quantitative estimate of drug-likeness (QED) is 0.695. The second kappa shape index (κ2) is 8.00. The van der Waals surface area contributed by atoms with Gasteiger partial charge in [-0.1, -0.05) is 26.8 Å². The van der Waals surface area contributed by atoms with E-state index in [2.05, 4.69) is 31.1 Å². The Hall–Kier alpha value is -1.90. The summed E-state index contributed by atoms with van der Waals surface area (Å²) in [6, 6.07) is 5.76. The number of methoxy groups -OCH3 is 1. The highest BCUT2D eigenvalue weighted by molar-refractivity contribution is 7.89. The molecule has 0 unspecified atom stereocenters. The molecule has 0 aromatic heterocycles. The second-order valence-corrected chi connectivity index (χ2v) is 9.56. The first kappa shape index (κ1) is 21.4. The molecule has 0 spiro atoms. The van der Waals surface area contributed by atoms with Gasteiger partial charge in [0.05, 0.1) is 11.0 Å². The van der Waals surface area contributed by atoms with Crippen molar-refractivity contribution in [2.75, 3.05) is 26.0 Å². The maximum absolute atomic E-state index is 12.4. The van der Waals surface area contributed by atoms with Crippen molar-refractivity contribution in [2.24, 2.45) is 11.3 Å². The molecule has 2 rings (SSSR count). The molecule has 1 saturated carbocycles. The van der Waals surface area contributed by atoms with Crippen molar-refractivity contribution >= 4 is 21.7 Å². The maximum Gasteiger partial charge on any atom is 0.319 e. The lowest BCUT2D eigenvalue weighted by molar-refractivity contribution is -0.140. The molecule has 0 heterocycles. The number of carbonyl (C=O) groups is 1. The summed E-state index contributed by atoms with van der Waals surface area (Å²) >= 11 is 0. The number of ether oxygens (including phenoxy) is 1. The van der Waals surface area contributed by atoms with Crippen LogP contribution in [0.4, 0.5) is 10.5 Å². The van der Waals surface area contributed by atoms with Gasteiger partial charge in [0.15, 0.2) is 0 Å². The monoisotopic (exact) mass is 395 g/mol. The van der Waals surface area contributed by atoms with Crippen LogP contribution < -0.4 is 10.6 Å². The van der Waals surface area contributed by atoms with Crippen LogP contribution >= 0.6 is 0 Å². The lowest BCUT2D eigenvalue weighted by Crippen LogP contribution is -2.68. The minimum Gasteiger partial charge on any atom is -0.380 e. The summed E-state index contributed by atoms with van der Waals surface area (Å²) < 4.78 is 31.5. The summed E-state index contributed by atoms with van der Waals surface area (Å²) in [4.78, 5) is 12.5. The molecule has 1 aromatic carbocycles. The Morgan fingerprint density at radius 2 is 1.93 bits per heavy atom. The number of nitrogens with zero attached hydrogens (tertiary/aromatic N) is 1. The number of carbonyl (C=O) groups excluding carboxylic acids is 1. The molecule has 0 radical (unpaired) electrons. The van der Waals surface area contributed by atoms with Gasteiger partial charge in [0.1, 0.15) is 0 Å². The van der Waals surface area contributed by atoms with Crippen molar-refractivity contribution in [3.05, 3.63) is 36.9 Å². The van der Waals surface area contributed by atoms with E-state index in [9.17, 15) is 13.2 Å². The van der Waals surface area contributed by atoms with Crippen LogP contribution in [-0.4, -0.2) is 51.6 Å². The summed E-state index contributed by atoms with van der Waals surface area (Å²) in [7, 11) is -0.399. The molecule has 8 heteroatoms. The van der Waals surface area contributed by atoms with Crippen LogP contribution in [0, 0.1) is 11.3 Å². The number of benzene rings is 1. The van der Waals surface area contributed by atoms with Crippen LogP contribution in [0.25, 0.3) is 0 Å². The minimum absolute atomic E-state index is 0.00495. The average Bonchev–Trinajstić information content (AvgIpc) is 2.60. The van der Waals surface area contributed by atoms with Crippen molar-refractivity contribution in [1.29, 1.82) is 0 Å². The molecule has 2 amide bonds. The van der Waals surface area contributed by atoms with Gasteiger partial charge >= 0.3 is 6.03 Å². The van der Waals surface area contributed by atoms with Gasteiger partial charge in [-0.3, -0.25) is 0 Å². The standard InChI is InChI=1S/C19H29N3O4S/c1-7-12-22(5)27(24,25)15-10-8-14(9-11-15)20-18(23)21-16-13(2)17(26-6)19(16,3)4/h7-11,13,16-17H,1,12H2,2-6H3,(H2,20,21,23)/t13-,16-,17-/m1/s1. The van der Waals surface area contributed by atoms with Crippen molar-refractivity contribution in [3.63, 3.8) is 0 Å². The summed E-state index contributed by atoms with van der Waals surface area (Å²) in [5, 5.41) is 5.73. The van der Waals surface area contributed by atoms with Crippen LogP contribution in [0.15, 0.2) is 41.8 Å². The van der Waals surface area contributed by atoms with E-state index in [0.29, 0.717) is 5.69 Å². The number of sulfonamides is 1. The minimum atomic E-state index is -3.57. The molecule has 3 atom stereocenters. The SMILES string of the molecule is C=CCN(C)S(=O)(=O)c1ccc(NC(=O)N[C@@H]2[C@@H](C)[C@@H](OC)C2(C)C)cc1. The Bertz CT molecular complexity index is 790. The van der Waals surface area contributed by atoms with E-state index in [1.165, 1.54) is 29.6 Å². The highest BCUT2D eigenvalue weighted by atomic mass is 32.2. The van der Waals surface area contributed by atoms with E-state index in [1.807, 2.05) is 6.92 Å². The van der Waals surface area contributed by atoms with Gasteiger partial charge in [0, 0.05) is 43.8 Å². The average molecular weight is 396 g/mol. The zero-order chi connectivity index (χ0) is 20.4. The van der Waals surface area contributed by atoms with Gasteiger partial charge in [0.25, 0.3) is 0 Å². The Kier molecular flexibility index (Phi) is 6.34. The van der Waals surface area contributed by atoms with E-state index >= 15 is 0 Å². The number of rotatable bonds is 7. The van der Waals surface area contributed by atoms with Gasteiger partial charge in [-0.2, -0.15) is 4.31 Å². The predicted molar refractivity (Wildman–Crippen MR) is 106 cm³/mol. The number of nitrogens with one attached hydrogen (secondary N) is 2. The fourth-order valence-corrected chi connectivity index (χ4v) is 5.04. The summed E-state index contributed by atoms with van der Waals surface area (Å²) in [5.41, 5.74) is 0.366. The van der Waals surface area contributed by atoms with Crippen LogP contribution in [0.2, 0.25) is 0 Å². The molecule has 0 saturated heterocycles. The smallest absolute Gasteiger partial charge is 0.319 e. The molecule has 1 aromatic rings. The highest BCUT2D eigenvalue weighted by Gasteiger charge is 2.55. The molecule has 1 fully saturated rings. The fourth-order valence-electron chi connectivity index (χ4n) is 3.90. The van der Waals surface area contributed by atoms with Crippen molar-refractivity contribution in [1.82, 2.24) is 9.62 Å². The van der Waals surface area contributed by atoms with Crippen molar-refractivity contribution in [3.8, 4) is 0 Å². The van der Waals surface area contributed by atoms with E-state index in [1.54, 1.807) is 19.2 Å². The number of anilines is 1. The van der Waals surface area contributed by atoms with Crippen LogP contribution in [0.5, 0.6) is 0 Å². The fraction of sp³-hybridized carbons (Fsp3) is 0.526. The lowest BCUT2D eigenvalue weighted by Gasteiger charge is -2.56. The van der Waals surface area contributed by atoms with Gasteiger partial charge in [0.2, 0.25) is 10.0 Å². The van der Waals surface area contributed by atoms with E-state index in [4.69, 9.17) is 4.74 Å². The molecule has 150 valence electrons.